The summed E-state index contributed by atoms with van der Waals surface area (Å²) in [6.07, 6.45) is -3.60. The van der Waals surface area contributed by atoms with Crippen LogP contribution in [0.3, 0.4) is 0 Å². The molecule has 0 saturated carbocycles. The summed E-state index contributed by atoms with van der Waals surface area (Å²) in [5.41, 5.74) is 3.67. The Labute approximate surface area is 224 Å². The highest BCUT2D eigenvalue weighted by atomic mass is 16.7. The molecule has 0 bridgehead atoms. The quantitative estimate of drug-likeness (QED) is 0.302. The third kappa shape index (κ3) is 4.12. The van der Waals surface area contributed by atoms with Crippen LogP contribution in [0.5, 0.6) is 11.5 Å². The molecule has 1 aliphatic heterocycles. The number of phenols is 2. The number of carbonyl (C=O) groups excluding carboxylic acids is 3. The number of hydrogen-bond acceptors (Lipinski definition) is 11. The number of ketones is 2. The molecule has 0 spiro atoms. The standard InChI is InChI=1S/C28H31NO10/c1-4-28(36)10-17(39-18-9-15(29)23(31)11(2)38-18)20-13(22(28)27(35)37-3)8-14-21(26(20)34)25(33)19-12(24(14)32)6-5-7-16(19)30/h5-8,11,15,17-18,22-23,30-31,34,36H,4,9-10,29H2,1-3H3. The minimum absolute atomic E-state index is 0.0262. The van der Waals surface area contributed by atoms with E-state index in [-0.39, 0.29) is 52.6 Å². The van der Waals surface area contributed by atoms with Gasteiger partial charge in [-0.05, 0) is 31.0 Å². The summed E-state index contributed by atoms with van der Waals surface area (Å²) in [5, 5.41) is 43.8. The van der Waals surface area contributed by atoms with Crippen molar-refractivity contribution in [2.24, 2.45) is 5.73 Å². The molecule has 1 saturated heterocycles. The zero-order valence-electron chi connectivity index (χ0n) is 21.7. The van der Waals surface area contributed by atoms with Crippen LogP contribution in [0.1, 0.15) is 88.1 Å². The summed E-state index contributed by atoms with van der Waals surface area (Å²) in [6, 6.07) is 4.73. The lowest BCUT2D eigenvalue weighted by atomic mass is 9.67. The van der Waals surface area contributed by atoms with Crippen molar-refractivity contribution < 1.29 is 49.0 Å². The van der Waals surface area contributed by atoms with E-state index < -0.39 is 71.2 Å². The molecule has 2 aromatic carbocycles. The molecule has 0 aromatic heterocycles. The zero-order chi connectivity index (χ0) is 28.4. The van der Waals surface area contributed by atoms with E-state index in [0.29, 0.717) is 0 Å². The van der Waals surface area contributed by atoms with Gasteiger partial charge in [-0.25, -0.2) is 0 Å². The number of rotatable bonds is 4. The first kappa shape index (κ1) is 27.2. The van der Waals surface area contributed by atoms with Gasteiger partial charge in [0.15, 0.2) is 12.1 Å². The average Bonchev–Trinajstić information content (AvgIpc) is 2.89. The van der Waals surface area contributed by atoms with E-state index in [0.717, 1.165) is 7.11 Å². The molecule has 2 aromatic rings. The number of phenolic OH excluding ortho intramolecular Hbond substituents is 2. The minimum atomic E-state index is -1.70. The Morgan fingerprint density at radius 2 is 1.90 bits per heavy atom. The summed E-state index contributed by atoms with van der Waals surface area (Å²) in [4.78, 5) is 40.0. The lowest BCUT2D eigenvalue weighted by Crippen LogP contribution is -2.52. The van der Waals surface area contributed by atoms with Crippen LogP contribution < -0.4 is 5.73 Å². The normalized spacial score (nSPS) is 31.7. The maximum atomic E-state index is 13.5. The number of nitrogens with two attached hydrogens (primary N) is 1. The monoisotopic (exact) mass is 541 g/mol. The largest absolute Gasteiger partial charge is 0.507 e. The van der Waals surface area contributed by atoms with Crippen LogP contribution in [0.2, 0.25) is 0 Å². The third-order valence-electron chi connectivity index (χ3n) is 8.18. The molecule has 11 nitrogen and oxygen atoms in total. The second kappa shape index (κ2) is 9.68. The van der Waals surface area contributed by atoms with E-state index in [1.165, 1.54) is 24.3 Å². The van der Waals surface area contributed by atoms with Crippen molar-refractivity contribution in [2.45, 2.75) is 75.3 Å². The van der Waals surface area contributed by atoms with Crippen LogP contribution in [0, 0.1) is 0 Å². The van der Waals surface area contributed by atoms with Gasteiger partial charge in [0.2, 0.25) is 5.78 Å². The van der Waals surface area contributed by atoms with Gasteiger partial charge in [0.1, 0.15) is 17.4 Å². The summed E-state index contributed by atoms with van der Waals surface area (Å²) in [6.45, 7) is 3.31. The number of methoxy groups -OCH3 is 1. The van der Waals surface area contributed by atoms with Crippen molar-refractivity contribution in [1.82, 2.24) is 0 Å². The number of esters is 1. The Balaban J connectivity index is 1.71. The summed E-state index contributed by atoms with van der Waals surface area (Å²) in [5.74, 6) is -4.51. The molecule has 1 heterocycles. The highest BCUT2D eigenvalue weighted by molar-refractivity contribution is 6.30. The molecule has 1 fully saturated rings. The van der Waals surface area contributed by atoms with Gasteiger partial charge < -0.3 is 40.4 Å². The molecule has 3 aliphatic rings. The molecular formula is C28H31NO10. The maximum absolute atomic E-state index is 13.5. The first-order valence-corrected chi connectivity index (χ1v) is 12.8. The minimum Gasteiger partial charge on any atom is -0.507 e. The van der Waals surface area contributed by atoms with Crippen molar-refractivity contribution in [2.75, 3.05) is 7.11 Å². The Kier molecular flexibility index (Phi) is 6.76. The fourth-order valence-electron chi connectivity index (χ4n) is 6.04. The summed E-state index contributed by atoms with van der Waals surface area (Å²) >= 11 is 0. The maximum Gasteiger partial charge on any atom is 0.316 e. The second-order valence-corrected chi connectivity index (χ2v) is 10.4. The molecule has 2 aliphatic carbocycles. The number of carbonyl (C=O) groups is 3. The number of hydrogen-bond donors (Lipinski definition) is 5. The number of benzene rings is 2. The Hall–Kier alpha value is -3.35. The van der Waals surface area contributed by atoms with Crippen LogP contribution in [-0.2, 0) is 19.0 Å². The molecule has 0 radical (unpaired) electrons. The summed E-state index contributed by atoms with van der Waals surface area (Å²) in [7, 11) is 1.16. The van der Waals surface area contributed by atoms with E-state index in [1.54, 1.807) is 13.8 Å². The topological polar surface area (TPSA) is 186 Å². The molecule has 5 rings (SSSR count). The van der Waals surface area contributed by atoms with Crippen LogP contribution in [0.25, 0.3) is 0 Å². The van der Waals surface area contributed by atoms with Gasteiger partial charge in [-0.15, -0.1) is 0 Å². The second-order valence-electron chi connectivity index (χ2n) is 10.4. The molecular weight excluding hydrogens is 510 g/mol. The van der Waals surface area contributed by atoms with Crippen LogP contribution in [0.4, 0.5) is 0 Å². The lowest BCUT2D eigenvalue weighted by molar-refractivity contribution is -0.248. The number of aromatic hydroxyl groups is 2. The molecule has 7 unspecified atom stereocenters. The number of ether oxygens (including phenoxy) is 3. The van der Waals surface area contributed by atoms with Gasteiger partial charge in [-0.3, -0.25) is 14.4 Å². The first-order chi connectivity index (χ1) is 18.4. The Bertz CT molecular complexity index is 1360. The smallest absolute Gasteiger partial charge is 0.316 e. The molecule has 39 heavy (non-hydrogen) atoms. The summed E-state index contributed by atoms with van der Waals surface area (Å²) < 4.78 is 17.0. The molecule has 6 N–H and O–H groups in total. The molecule has 0 amide bonds. The first-order valence-electron chi connectivity index (χ1n) is 12.8. The molecule has 11 heteroatoms. The highest BCUT2D eigenvalue weighted by Crippen LogP contribution is 2.53. The average molecular weight is 542 g/mol. The van der Waals surface area contributed by atoms with Crippen molar-refractivity contribution in [3.05, 3.63) is 57.6 Å². The van der Waals surface area contributed by atoms with E-state index >= 15 is 0 Å². The van der Waals surface area contributed by atoms with Crippen LogP contribution >= 0.6 is 0 Å². The van der Waals surface area contributed by atoms with E-state index in [9.17, 15) is 34.8 Å². The van der Waals surface area contributed by atoms with Gasteiger partial charge in [0, 0.05) is 35.6 Å². The Morgan fingerprint density at radius 3 is 2.54 bits per heavy atom. The zero-order valence-corrected chi connectivity index (χ0v) is 21.7. The van der Waals surface area contributed by atoms with Gasteiger partial charge >= 0.3 is 5.97 Å². The molecule has 208 valence electrons. The number of aliphatic hydroxyl groups excluding tert-OH is 1. The van der Waals surface area contributed by atoms with Gasteiger partial charge in [0.25, 0.3) is 0 Å². The number of aliphatic hydroxyl groups is 2. The van der Waals surface area contributed by atoms with Crippen molar-refractivity contribution in [3.63, 3.8) is 0 Å². The van der Waals surface area contributed by atoms with Crippen LogP contribution in [0.15, 0.2) is 24.3 Å². The lowest BCUT2D eigenvalue weighted by Gasteiger charge is -2.45. The van der Waals surface area contributed by atoms with Crippen LogP contribution in [-0.4, -0.2) is 75.2 Å². The fourth-order valence-corrected chi connectivity index (χ4v) is 6.04. The van der Waals surface area contributed by atoms with Crippen molar-refractivity contribution >= 4 is 17.5 Å². The highest BCUT2D eigenvalue weighted by Gasteiger charge is 2.53. The van der Waals surface area contributed by atoms with Crippen molar-refractivity contribution in [3.8, 4) is 11.5 Å². The van der Waals surface area contributed by atoms with Gasteiger partial charge in [0.05, 0.1) is 42.1 Å². The third-order valence-corrected chi connectivity index (χ3v) is 8.18. The Morgan fingerprint density at radius 1 is 1.18 bits per heavy atom. The fraction of sp³-hybridized carbons (Fsp3) is 0.464. The van der Waals surface area contributed by atoms with E-state index in [2.05, 4.69) is 0 Å². The van der Waals surface area contributed by atoms with E-state index in [4.69, 9.17) is 19.9 Å². The molecule has 7 atom stereocenters. The predicted molar refractivity (Wildman–Crippen MR) is 134 cm³/mol. The predicted octanol–water partition coefficient (Wildman–Crippen LogP) is 1.56. The van der Waals surface area contributed by atoms with E-state index in [1.807, 2.05) is 0 Å². The SMILES string of the molecule is CCC1(O)CC(OC2CC(N)C(O)C(C)O2)c2c(cc3c(c2O)C(=O)c2c(O)cccc2C3=O)C1C(=O)OC. The van der Waals surface area contributed by atoms with Gasteiger partial charge in [-0.1, -0.05) is 19.1 Å². The van der Waals surface area contributed by atoms with Crippen molar-refractivity contribution in [1.29, 1.82) is 0 Å². The number of fused-ring (bicyclic) bond motifs is 3. The van der Waals surface area contributed by atoms with Gasteiger partial charge in [-0.2, -0.15) is 0 Å².